The number of para-hydroxylation sites is 1. The molecule has 5 heteroatoms. The van der Waals surface area contributed by atoms with Gasteiger partial charge in [0.25, 0.3) is 5.91 Å². The lowest BCUT2D eigenvalue weighted by atomic mass is 10.1. The molecule has 0 aliphatic heterocycles. The Hall–Kier alpha value is -1.52. The van der Waals surface area contributed by atoms with Crippen LogP contribution in [0.25, 0.3) is 11.0 Å². The minimum Gasteiger partial charge on any atom is -0.451 e. The number of benzene rings is 1. The second-order valence-corrected chi connectivity index (χ2v) is 4.27. The molecule has 0 aliphatic carbocycles. The first-order valence-electron chi connectivity index (χ1n) is 6.15. The van der Waals surface area contributed by atoms with Crippen molar-refractivity contribution in [3.63, 3.8) is 0 Å². The largest absolute Gasteiger partial charge is 0.451 e. The molecule has 19 heavy (non-hydrogen) atoms. The van der Waals surface area contributed by atoms with E-state index in [2.05, 4.69) is 10.6 Å². The Morgan fingerprint density at radius 3 is 2.68 bits per heavy atom. The highest BCUT2D eigenvalue weighted by atomic mass is 35.5. The summed E-state index contributed by atoms with van der Waals surface area (Å²) in [5, 5.41) is 6.90. The summed E-state index contributed by atoms with van der Waals surface area (Å²) in [5.41, 5.74) is 1.66. The average molecular weight is 283 g/mol. The summed E-state index contributed by atoms with van der Waals surface area (Å²) >= 11 is 0. The number of carbonyl (C=O) groups is 1. The number of aryl methyl sites for hydroxylation is 1. The zero-order valence-electron chi connectivity index (χ0n) is 11.2. The van der Waals surface area contributed by atoms with Gasteiger partial charge in [0.15, 0.2) is 5.76 Å². The zero-order chi connectivity index (χ0) is 13.0. The van der Waals surface area contributed by atoms with Crippen molar-refractivity contribution < 1.29 is 9.21 Å². The van der Waals surface area contributed by atoms with Crippen LogP contribution < -0.4 is 10.6 Å². The molecule has 1 heterocycles. The van der Waals surface area contributed by atoms with Crippen LogP contribution in [0.15, 0.2) is 28.7 Å². The van der Waals surface area contributed by atoms with Crippen molar-refractivity contribution in [2.45, 2.75) is 13.3 Å². The first-order chi connectivity index (χ1) is 8.74. The molecule has 0 bridgehead atoms. The average Bonchev–Trinajstić information content (AvgIpc) is 2.73. The summed E-state index contributed by atoms with van der Waals surface area (Å²) in [6.45, 7) is 3.45. The SMILES string of the molecule is CNCCCNC(=O)c1oc2ccccc2c1C.Cl. The molecule has 1 aromatic heterocycles. The third-order valence-corrected chi connectivity index (χ3v) is 2.94. The fraction of sp³-hybridized carbons (Fsp3) is 0.357. The maximum absolute atomic E-state index is 12.0. The summed E-state index contributed by atoms with van der Waals surface area (Å²) in [7, 11) is 1.89. The van der Waals surface area contributed by atoms with E-state index in [1.165, 1.54) is 0 Å². The molecule has 0 atom stereocenters. The van der Waals surface area contributed by atoms with Gasteiger partial charge in [-0.15, -0.1) is 12.4 Å². The number of rotatable bonds is 5. The topological polar surface area (TPSA) is 54.3 Å². The highest BCUT2D eigenvalue weighted by molar-refractivity contribution is 5.98. The second kappa shape index (κ2) is 7.16. The first-order valence-corrected chi connectivity index (χ1v) is 6.15. The number of hydrogen-bond donors (Lipinski definition) is 2. The van der Waals surface area contributed by atoms with E-state index in [0.29, 0.717) is 12.3 Å². The molecule has 2 aromatic rings. The van der Waals surface area contributed by atoms with Gasteiger partial charge in [0.2, 0.25) is 0 Å². The van der Waals surface area contributed by atoms with Crippen LogP contribution >= 0.6 is 12.4 Å². The molecule has 4 nitrogen and oxygen atoms in total. The van der Waals surface area contributed by atoms with E-state index in [-0.39, 0.29) is 18.3 Å². The summed E-state index contributed by atoms with van der Waals surface area (Å²) in [5.74, 6) is 0.278. The molecule has 0 saturated carbocycles. The highest BCUT2D eigenvalue weighted by Crippen LogP contribution is 2.24. The van der Waals surface area contributed by atoms with Gasteiger partial charge in [-0.05, 0) is 33.0 Å². The fourth-order valence-corrected chi connectivity index (χ4v) is 1.94. The predicted molar refractivity (Wildman–Crippen MR) is 79.1 cm³/mol. The monoisotopic (exact) mass is 282 g/mol. The molecule has 2 N–H and O–H groups in total. The van der Waals surface area contributed by atoms with Gasteiger partial charge >= 0.3 is 0 Å². The summed E-state index contributed by atoms with van der Waals surface area (Å²) in [4.78, 5) is 12.0. The third-order valence-electron chi connectivity index (χ3n) is 2.94. The maximum atomic E-state index is 12.0. The van der Waals surface area contributed by atoms with Gasteiger partial charge in [-0.1, -0.05) is 18.2 Å². The van der Waals surface area contributed by atoms with Gasteiger partial charge in [-0.3, -0.25) is 4.79 Å². The van der Waals surface area contributed by atoms with E-state index in [1.54, 1.807) is 0 Å². The van der Waals surface area contributed by atoms with E-state index in [1.807, 2.05) is 38.2 Å². The van der Waals surface area contributed by atoms with E-state index < -0.39 is 0 Å². The van der Waals surface area contributed by atoms with Gasteiger partial charge in [0.1, 0.15) is 5.58 Å². The number of furan rings is 1. The van der Waals surface area contributed by atoms with Crippen molar-refractivity contribution in [1.82, 2.24) is 10.6 Å². The van der Waals surface area contributed by atoms with Gasteiger partial charge < -0.3 is 15.1 Å². The molecule has 0 fully saturated rings. The van der Waals surface area contributed by atoms with Crippen LogP contribution in [0.3, 0.4) is 0 Å². The summed E-state index contributed by atoms with van der Waals surface area (Å²) < 4.78 is 5.59. The number of hydrogen-bond acceptors (Lipinski definition) is 3. The molecular formula is C14H19ClN2O2. The van der Waals surface area contributed by atoms with Crippen LogP contribution in [0, 0.1) is 6.92 Å². The van der Waals surface area contributed by atoms with Crippen LogP contribution in [-0.2, 0) is 0 Å². The summed E-state index contributed by atoms with van der Waals surface area (Å²) in [6, 6.07) is 7.69. The fourth-order valence-electron chi connectivity index (χ4n) is 1.94. The molecule has 0 aliphatic rings. The van der Waals surface area contributed by atoms with E-state index in [9.17, 15) is 4.79 Å². The number of carbonyl (C=O) groups excluding carboxylic acids is 1. The van der Waals surface area contributed by atoms with Crippen molar-refractivity contribution in [3.05, 3.63) is 35.6 Å². The maximum Gasteiger partial charge on any atom is 0.287 e. The molecule has 1 aromatic carbocycles. The van der Waals surface area contributed by atoms with E-state index in [0.717, 1.165) is 29.5 Å². The number of halogens is 1. The van der Waals surface area contributed by atoms with Gasteiger partial charge in [0.05, 0.1) is 0 Å². The Labute approximate surface area is 119 Å². The smallest absolute Gasteiger partial charge is 0.287 e. The lowest BCUT2D eigenvalue weighted by molar-refractivity contribution is 0.0927. The minimum absolute atomic E-state index is 0. The van der Waals surface area contributed by atoms with Crippen molar-refractivity contribution >= 4 is 29.3 Å². The Kier molecular flexibility index (Phi) is 5.86. The number of nitrogens with one attached hydrogen (secondary N) is 2. The van der Waals surface area contributed by atoms with Crippen LogP contribution in [0.2, 0.25) is 0 Å². The Morgan fingerprint density at radius 2 is 2.00 bits per heavy atom. The van der Waals surface area contributed by atoms with Gasteiger partial charge in [-0.25, -0.2) is 0 Å². The number of fused-ring (bicyclic) bond motifs is 1. The second-order valence-electron chi connectivity index (χ2n) is 4.27. The molecule has 0 radical (unpaired) electrons. The molecule has 1 amide bonds. The van der Waals surface area contributed by atoms with Crippen LogP contribution in [0.1, 0.15) is 22.5 Å². The van der Waals surface area contributed by atoms with Gasteiger partial charge in [0, 0.05) is 17.5 Å². The van der Waals surface area contributed by atoms with Crippen molar-refractivity contribution in [1.29, 1.82) is 0 Å². The quantitative estimate of drug-likeness (QED) is 0.829. The molecule has 2 rings (SSSR count). The lowest BCUT2D eigenvalue weighted by Gasteiger charge is -2.03. The number of amides is 1. The molecule has 0 unspecified atom stereocenters. The van der Waals surface area contributed by atoms with Crippen LogP contribution in [-0.4, -0.2) is 26.0 Å². The Bertz CT molecular complexity index is 551. The van der Waals surface area contributed by atoms with E-state index >= 15 is 0 Å². The zero-order valence-corrected chi connectivity index (χ0v) is 12.0. The van der Waals surface area contributed by atoms with Crippen LogP contribution in [0.4, 0.5) is 0 Å². The van der Waals surface area contributed by atoms with Gasteiger partial charge in [-0.2, -0.15) is 0 Å². The molecular weight excluding hydrogens is 264 g/mol. The normalized spacial score (nSPS) is 10.2. The Morgan fingerprint density at radius 1 is 1.26 bits per heavy atom. The Balaban J connectivity index is 0.00000180. The minimum atomic E-state index is -0.139. The van der Waals surface area contributed by atoms with E-state index in [4.69, 9.17) is 4.42 Å². The molecule has 0 saturated heterocycles. The van der Waals surface area contributed by atoms with Crippen molar-refractivity contribution in [2.24, 2.45) is 0 Å². The lowest BCUT2D eigenvalue weighted by Crippen LogP contribution is -2.26. The van der Waals surface area contributed by atoms with Crippen molar-refractivity contribution in [3.8, 4) is 0 Å². The van der Waals surface area contributed by atoms with Crippen molar-refractivity contribution in [2.75, 3.05) is 20.1 Å². The highest BCUT2D eigenvalue weighted by Gasteiger charge is 2.16. The molecule has 104 valence electrons. The first kappa shape index (κ1) is 15.5. The summed E-state index contributed by atoms with van der Waals surface area (Å²) in [6.07, 6.45) is 0.904. The molecule has 0 spiro atoms. The van der Waals surface area contributed by atoms with Crippen LogP contribution in [0.5, 0.6) is 0 Å². The predicted octanol–water partition coefficient (Wildman–Crippen LogP) is 2.50. The third kappa shape index (κ3) is 3.49. The standard InChI is InChI=1S/C14H18N2O2.ClH/c1-10-11-6-3-4-7-12(11)18-13(10)14(17)16-9-5-8-15-2;/h3-4,6-7,15H,5,8-9H2,1-2H3,(H,16,17);1H.